The summed E-state index contributed by atoms with van der Waals surface area (Å²) in [5.74, 6) is 0.821. The summed E-state index contributed by atoms with van der Waals surface area (Å²) in [6, 6.07) is 4.41. The molecule has 0 aliphatic rings. The molecule has 17 heavy (non-hydrogen) atoms. The molecule has 0 amide bonds. The Kier molecular flexibility index (Phi) is 6.21. The van der Waals surface area contributed by atoms with Crippen molar-refractivity contribution >= 4 is 11.3 Å². The van der Waals surface area contributed by atoms with Gasteiger partial charge in [0.1, 0.15) is 0 Å². The Bertz CT molecular complexity index is 284. The summed E-state index contributed by atoms with van der Waals surface area (Å²) in [5.41, 5.74) is 0.245. The van der Waals surface area contributed by atoms with Gasteiger partial charge < -0.3 is 5.32 Å². The van der Waals surface area contributed by atoms with E-state index >= 15 is 0 Å². The van der Waals surface area contributed by atoms with Crippen LogP contribution in [0.5, 0.6) is 0 Å². The van der Waals surface area contributed by atoms with Crippen molar-refractivity contribution in [2.75, 3.05) is 6.54 Å². The Labute approximate surface area is 111 Å². The van der Waals surface area contributed by atoms with Crippen molar-refractivity contribution in [2.24, 2.45) is 5.92 Å². The van der Waals surface area contributed by atoms with E-state index in [1.807, 2.05) is 11.3 Å². The van der Waals surface area contributed by atoms with E-state index in [9.17, 15) is 0 Å². The maximum atomic E-state index is 3.64. The molecule has 0 aliphatic carbocycles. The molecule has 1 rings (SSSR count). The van der Waals surface area contributed by atoms with Crippen molar-refractivity contribution in [3.05, 3.63) is 22.4 Å². The monoisotopic (exact) mass is 253 g/mol. The second kappa shape index (κ2) is 7.17. The van der Waals surface area contributed by atoms with Gasteiger partial charge in [-0.25, -0.2) is 0 Å². The zero-order valence-electron chi connectivity index (χ0n) is 11.8. The van der Waals surface area contributed by atoms with Crippen molar-refractivity contribution in [1.82, 2.24) is 5.32 Å². The lowest BCUT2D eigenvalue weighted by atomic mass is 9.96. The average Bonchev–Trinajstić information content (AvgIpc) is 2.74. The fraction of sp³-hybridized carbons (Fsp3) is 0.733. The molecule has 1 aromatic heterocycles. The van der Waals surface area contributed by atoms with Gasteiger partial charge in [-0.1, -0.05) is 19.4 Å². The smallest absolute Gasteiger partial charge is 0.00966 e. The molecule has 0 aromatic carbocycles. The standard InChI is InChI=1S/C15H27NS/c1-5-7-13(12-16-15(2,3)4)9-10-14-8-6-11-17-14/h6,8,11,13,16H,5,7,9-10,12H2,1-4H3. The molecule has 1 unspecified atom stereocenters. The van der Waals surface area contributed by atoms with E-state index in [1.165, 1.54) is 30.6 Å². The zero-order chi connectivity index (χ0) is 12.7. The quantitative estimate of drug-likeness (QED) is 0.755. The van der Waals surface area contributed by atoms with E-state index in [-0.39, 0.29) is 5.54 Å². The molecule has 2 heteroatoms. The first-order chi connectivity index (χ1) is 8.01. The Hall–Kier alpha value is -0.340. The van der Waals surface area contributed by atoms with Crippen LogP contribution < -0.4 is 5.32 Å². The third-order valence-electron chi connectivity index (χ3n) is 3.00. The van der Waals surface area contributed by atoms with Crippen LogP contribution in [0.3, 0.4) is 0 Å². The van der Waals surface area contributed by atoms with Gasteiger partial charge >= 0.3 is 0 Å². The van der Waals surface area contributed by atoms with Crippen LogP contribution in [-0.2, 0) is 6.42 Å². The number of hydrogen-bond acceptors (Lipinski definition) is 2. The number of aryl methyl sites for hydroxylation is 1. The third kappa shape index (κ3) is 6.85. The first kappa shape index (κ1) is 14.7. The molecule has 0 saturated heterocycles. The Morgan fingerprint density at radius 2 is 2.06 bits per heavy atom. The molecule has 1 heterocycles. The molecule has 0 fully saturated rings. The predicted molar refractivity (Wildman–Crippen MR) is 78.8 cm³/mol. The lowest BCUT2D eigenvalue weighted by Gasteiger charge is -2.25. The van der Waals surface area contributed by atoms with Crippen molar-refractivity contribution in [1.29, 1.82) is 0 Å². The lowest BCUT2D eigenvalue weighted by molar-refractivity contribution is 0.344. The molecule has 0 aliphatic heterocycles. The van der Waals surface area contributed by atoms with E-state index < -0.39 is 0 Å². The van der Waals surface area contributed by atoms with Crippen LogP contribution in [0, 0.1) is 5.92 Å². The molecular formula is C15H27NS. The van der Waals surface area contributed by atoms with Crippen molar-refractivity contribution in [2.45, 2.75) is 58.9 Å². The minimum Gasteiger partial charge on any atom is -0.312 e. The van der Waals surface area contributed by atoms with Gasteiger partial charge in [0.05, 0.1) is 0 Å². The molecule has 1 N–H and O–H groups in total. The summed E-state index contributed by atoms with van der Waals surface area (Å²) in [4.78, 5) is 1.53. The number of hydrogen-bond donors (Lipinski definition) is 1. The lowest BCUT2D eigenvalue weighted by Crippen LogP contribution is -2.39. The van der Waals surface area contributed by atoms with Gasteiger partial charge in [-0.3, -0.25) is 0 Å². The number of nitrogens with one attached hydrogen (secondary N) is 1. The van der Waals surface area contributed by atoms with Gasteiger partial charge in [0.2, 0.25) is 0 Å². The van der Waals surface area contributed by atoms with Crippen molar-refractivity contribution in [3.63, 3.8) is 0 Å². The minimum atomic E-state index is 0.245. The van der Waals surface area contributed by atoms with Crippen molar-refractivity contribution < 1.29 is 0 Å². The third-order valence-corrected chi connectivity index (χ3v) is 3.93. The maximum Gasteiger partial charge on any atom is 0.00966 e. The first-order valence-corrected chi connectivity index (χ1v) is 7.66. The predicted octanol–water partition coefficient (Wildman–Crippen LogP) is 4.49. The fourth-order valence-corrected chi connectivity index (χ4v) is 2.73. The van der Waals surface area contributed by atoms with Gasteiger partial charge in [-0.2, -0.15) is 0 Å². The van der Waals surface area contributed by atoms with Gasteiger partial charge in [0.15, 0.2) is 0 Å². The number of rotatable bonds is 7. The van der Waals surface area contributed by atoms with Crippen LogP contribution in [0.2, 0.25) is 0 Å². The highest BCUT2D eigenvalue weighted by Gasteiger charge is 2.13. The van der Waals surface area contributed by atoms with E-state index in [4.69, 9.17) is 0 Å². The normalized spacial score (nSPS) is 13.9. The highest BCUT2D eigenvalue weighted by atomic mass is 32.1. The summed E-state index contributed by atoms with van der Waals surface area (Å²) in [6.07, 6.45) is 5.20. The number of thiophene rings is 1. The zero-order valence-corrected chi connectivity index (χ0v) is 12.6. The van der Waals surface area contributed by atoms with Crippen LogP contribution in [0.1, 0.15) is 51.8 Å². The molecule has 0 radical (unpaired) electrons. The van der Waals surface area contributed by atoms with Gasteiger partial charge in [0.25, 0.3) is 0 Å². The van der Waals surface area contributed by atoms with Crippen LogP contribution in [0.25, 0.3) is 0 Å². The summed E-state index contributed by atoms with van der Waals surface area (Å²) in [5, 5.41) is 5.82. The van der Waals surface area contributed by atoms with E-state index in [0.29, 0.717) is 0 Å². The summed E-state index contributed by atoms with van der Waals surface area (Å²) >= 11 is 1.89. The molecule has 0 bridgehead atoms. The fourth-order valence-electron chi connectivity index (χ4n) is 2.01. The highest BCUT2D eigenvalue weighted by Crippen LogP contribution is 2.18. The van der Waals surface area contributed by atoms with E-state index in [2.05, 4.69) is 50.5 Å². The topological polar surface area (TPSA) is 12.0 Å². The molecule has 0 spiro atoms. The SMILES string of the molecule is CCCC(CCc1cccs1)CNC(C)(C)C. The van der Waals surface area contributed by atoms with Gasteiger partial charge in [-0.15, -0.1) is 11.3 Å². The molecule has 1 atom stereocenters. The Morgan fingerprint density at radius 1 is 1.29 bits per heavy atom. The van der Waals surface area contributed by atoms with Crippen molar-refractivity contribution in [3.8, 4) is 0 Å². The van der Waals surface area contributed by atoms with E-state index in [1.54, 1.807) is 0 Å². The first-order valence-electron chi connectivity index (χ1n) is 6.78. The second-order valence-corrected chi connectivity index (χ2v) is 6.94. The Balaban J connectivity index is 2.32. The molecule has 0 saturated carbocycles. The van der Waals surface area contributed by atoms with Gasteiger partial charge in [0, 0.05) is 10.4 Å². The second-order valence-electron chi connectivity index (χ2n) is 5.90. The van der Waals surface area contributed by atoms with Crippen LogP contribution in [-0.4, -0.2) is 12.1 Å². The van der Waals surface area contributed by atoms with E-state index in [0.717, 1.165) is 12.5 Å². The Morgan fingerprint density at radius 3 is 2.59 bits per heavy atom. The summed E-state index contributed by atoms with van der Waals surface area (Å²) in [7, 11) is 0. The summed E-state index contributed by atoms with van der Waals surface area (Å²) < 4.78 is 0. The van der Waals surface area contributed by atoms with Crippen LogP contribution >= 0.6 is 11.3 Å². The average molecular weight is 253 g/mol. The molecule has 1 nitrogen and oxygen atoms in total. The minimum absolute atomic E-state index is 0.245. The van der Waals surface area contributed by atoms with Crippen LogP contribution in [0.15, 0.2) is 17.5 Å². The summed E-state index contributed by atoms with van der Waals surface area (Å²) in [6.45, 7) is 10.2. The van der Waals surface area contributed by atoms with Crippen LogP contribution in [0.4, 0.5) is 0 Å². The highest BCUT2D eigenvalue weighted by molar-refractivity contribution is 7.09. The maximum absolute atomic E-state index is 3.64. The largest absolute Gasteiger partial charge is 0.312 e. The molecule has 1 aromatic rings. The van der Waals surface area contributed by atoms with Gasteiger partial charge in [-0.05, 0) is 63.9 Å². The molecular weight excluding hydrogens is 226 g/mol. The molecule has 98 valence electrons.